The first-order valence-corrected chi connectivity index (χ1v) is 9.30. The fourth-order valence-electron chi connectivity index (χ4n) is 2.06. The van der Waals surface area contributed by atoms with Crippen LogP contribution in [0.4, 0.5) is 0 Å². The summed E-state index contributed by atoms with van der Waals surface area (Å²) >= 11 is 0. The molecule has 0 aliphatic carbocycles. The van der Waals surface area contributed by atoms with Gasteiger partial charge in [-0.15, -0.1) is 0 Å². The number of hydrogen-bond donors (Lipinski definition) is 8. The predicted octanol–water partition coefficient (Wildman–Crippen LogP) is -1.09. The first-order chi connectivity index (χ1) is 13.6. The Morgan fingerprint density at radius 1 is 1.10 bits per heavy atom. The second kappa shape index (κ2) is 17.8. The summed E-state index contributed by atoms with van der Waals surface area (Å²) in [7, 11) is 0. The van der Waals surface area contributed by atoms with Crippen LogP contribution >= 0.6 is 0 Å². The Morgan fingerprint density at radius 3 is 2.03 bits per heavy atom. The van der Waals surface area contributed by atoms with E-state index in [-0.39, 0.29) is 31.9 Å². The van der Waals surface area contributed by atoms with Crippen LogP contribution in [0, 0.1) is 0 Å². The number of rotatable bonds is 11. The maximum Gasteiger partial charge on any atom is 0.320 e. The average Bonchev–Trinajstić information content (AvgIpc) is 3.19. The van der Waals surface area contributed by atoms with Crippen LogP contribution < -0.4 is 16.4 Å². The average molecular weight is 423 g/mol. The molecule has 0 bridgehead atoms. The van der Waals surface area contributed by atoms with Crippen molar-refractivity contribution in [2.45, 2.75) is 63.6 Å². The number of aliphatic hydroxyl groups excluding tert-OH is 1. The molecule has 1 fully saturated rings. The van der Waals surface area contributed by atoms with E-state index in [1.54, 1.807) is 0 Å². The lowest BCUT2D eigenvalue weighted by Crippen LogP contribution is -2.37. The number of carboxylic acids is 4. The minimum atomic E-state index is -1.17. The highest BCUT2D eigenvalue weighted by molar-refractivity contribution is 5.75. The van der Waals surface area contributed by atoms with E-state index in [4.69, 9.17) is 31.3 Å². The molecule has 9 N–H and O–H groups in total. The molecule has 170 valence electrons. The zero-order valence-electron chi connectivity index (χ0n) is 16.5. The largest absolute Gasteiger partial charge is 0.481 e. The van der Waals surface area contributed by atoms with Crippen LogP contribution in [0.25, 0.3) is 0 Å². The van der Waals surface area contributed by atoms with Crippen molar-refractivity contribution in [2.24, 2.45) is 5.73 Å². The van der Waals surface area contributed by atoms with Crippen molar-refractivity contribution >= 4 is 23.9 Å². The minimum absolute atomic E-state index is 0.0231. The number of hydrogen-bond acceptors (Lipinski definition) is 8. The Morgan fingerprint density at radius 2 is 1.72 bits per heavy atom. The van der Waals surface area contributed by atoms with Gasteiger partial charge in [0.05, 0.1) is 0 Å². The number of aliphatic carboxylic acids is 4. The van der Waals surface area contributed by atoms with Gasteiger partial charge in [0, 0.05) is 13.0 Å². The Kier molecular flexibility index (Phi) is 17.7. The maximum absolute atomic E-state index is 10.4. The zero-order chi connectivity index (χ0) is 22.8. The SMILES string of the molecule is CCCNC(CCO)C(=O)O.NC(CCC(=O)O)C(=O)O.O=C(O)[C@@H]1CCCN1. The van der Waals surface area contributed by atoms with Gasteiger partial charge in [0.2, 0.25) is 0 Å². The second-order valence-corrected chi connectivity index (χ2v) is 6.22. The Balaban J connectivity index is 0. The topological polar surface area (TPSA) is 220 Å². The monoisotopic (exact) mass is 423 g/mol. The lowest BCUT2D eigenvalue weighted by Gasteiger charge is -2.11. The molecular formula is C17H33N3O9. The van der Waals surface area contributed by atoms with E-state index in [0.29, 0.717) is 6.54 Å². The molecule has 0 radical (unpaired) electrons. The van der Waals surface area contributed by atoms with Crippen LogP contribution in [0.1, 0.15) is 45.4 Å². The van der Waals surface area contributed by atoms with Crippen LogP contribution in [0.15, 0.2) is 0 Å². The van der Waals surface area contributed by atoms with Gasteiger partial charge in [-0.3, -0.25) is 19.2 Å². The highest BCUT2D eigenvalue weighted by atomic mass is 16.4. The van der Waals surface area contributed by atoms with Gasteiger partial charge < -0.3 is 41.9 Å². The molecule has 1 heterocycles. The van der Waals surface area contributed by atoms with Gasteiger partial charge >= 0.3 is 23.9 Å². The third kappa shape index (κ3) is 17.5. The molecule has 12 nitrogen and oxygen atoms in total. The van der Waals surface area contributed by atoms with Gasteiger partial charge in [0.15, 0.2) is 0 Å². The van der Waals surface area contributed by atoms with Gasteiger partial charge in [-0.1, -0.05) is 6.92 Å². The minimum Gasteiger partial charge on any atom is -0.481 e. The summed E-state index contributed by atoms with van der Waals surface area (Å²) in [5, 5.41) is 47.3. The molecule has 2 unspecified atom stereocenters. The molecular weight excluding hydrogens is 390 g/mol. The van der Waals surface area contributed by atoms with Crippen molar-refractivity contribution in [3.05, 3.63) is 0 Å². The lowest BCUT2D eigenvalue weighted by atomic mass is 10.2. The molecule has 1 saturated heterocycles. The van der Waals surface area contributed by atoms with Crippen LogP contribution in [0.5, 0.6) is 0 Å². The molecule has 0 aromatic carbocycles. The highest BCUT2D eigenvalue weighted by Gasteiger charge is 2.20. The normalized spacial score (nSPS) is 17.0. The second-order valence-electron chi connectivity index (χ2n) is 6.22. The molecule has 0 aromatic heterocycles. The van der Waals surface area contributed by atoms with E-state index < -0.39 is 36.0 Å². The fraction of sp³-hybridized carbons (Fsp3) is 0.765. The van der Waals surface area contributed by atoms with Crippen molar-refractivity contribution in [3.8, 4) is 0 Å². The standard InChI is InChI=1S/C7H15NO3.C5H9NO4.C5H9NO2/c1-2-4-8-6(3-5-9)7(10)11;6-3(5(9)10)1-2-4(7)8;7-5(8)4-2-1-3-6-4/h6,8-9H,2-5H2,1H3,(H,10,11);3H,1-2,6H2,(H,7,8)(H,9,10);4,6H,1-3H2,(H,7,8)/t;;4-/m..0/s1. The summed E-state index contributed by atoms with van der Waals surface area (Å²) in [4.78, 5) is 40.4. The zero-order valence-corrected chi connectivity index (χ0v) is 16.5. The Bertz CT molecular complexity index is 497. The number of nitrogens with two attached hydrogens (primary N) is 1. The van der Waals surface area contributed by atoms with Gasteiger partial charge in [0.1, 0.15) is 18.1 Å². The molecule has 12 heteroatoms. The quantitative estimate of drug-likeness (QED) is 0.199. The molecule has 0 amide bonds. The van der Waals surface area contributed by atoms with Crippen molar-refractivity contribution in [1.82, 2.24) is 10.6 Å². The van der Waals surface area contributed by atoms with Crippen LogP contribution in [-0.4, -0.2) is 87.2 Å². The molecule has 0 aromatic rings. The van der Waals surface area contributed by atoms with E-state index >= 15 is 0 Å². The molecule has 1 aliphatic heterocycles. The molecule has 1 rings (SSSR count). The first-order valence-electron chi connectivity index (χ1n) is 9.30. The molecule has 0 spiro atoms. The Hall–Kier alpha value is -2.28. The molecule has 1 aliphatic rings. The van der Waals surface area contributed by atoms with Crippen LogP contribution in [0.2, 0.25) is 0 Å². The van der Waals surface area contributed by atoms with Crippen molar-refractivity contribution in [2.75, 3.05) is 19.7 Å². The van der Waals surface area contributed by atoms with Crippen LogP contribution in [0.3, 0.4) is 0 Å². The number of nitrogens with one attached hydrogen (secondary N) is 2. The number of aliphatic hydroxyl groups is 1. The van der Waals surface area contributed by atoms with E-state index in [1.165, 1.54) is 0 Å². The molecule has 3 atom stereocenters. The van der Waals surface area contributed by atoms with Gasteiger partial charge in [0.25, 0.3) is 0 Å². The van der Waals surface area contributed by atoms with Crippen LogP contribution in [-0.2, 0) is 19.2 Å². The predicted molar refractivity (Wildman–Crippen MR) is 103 cm³/mol. The van der Waals surface area contributed by atoms with E-state index in [9.17, 15) is 19.2 Å². The third-order valence-corrected chi connectivity index (χ3v) is 3.70. The number of carbonyl (C=O) groups is 4. The van der Waals surface area contributed by atoms with E-state index in [1.807, 2.05) is 6.92 Å². The summed E-state index contributed by atoms with van der Waals surface area (Å²) in [5.41, 5.74) is 5.00. The van der Waals surface area contributed by atoms with Gasteiger partial charge in [-0.2, -0.15) is 0 Å². The maximum atomic E-state index is 10.4. The lowest BCUT2D eigenvalue weighted by molar-refractivity contribution is -0.141. The van der Waals surface area contributed by atoms with Gasteiger partial charge in [-0.25, -0.2) is 0 Å². The first kappa shape index (κ1) is 28.9. The molecule has 29 heavy (non-hydrogen) atoms. The van der Waals surface area contributed by atoms with Gasteiger partial charge in [-0.05, 0) is 45.2 Å². The fourth-order valence-corrected chi connectivity index (χ4v) is 2.06. The smallest absolute Gasteiger partial charge is 0.320 e. The number of carboxylic acid groups (broad SMARTS) is 4. The van der Waals surface area contributed by atoms with Crippen molar-refractivity contribution in [3.63, 3.8) is 0 Å². The summed E-state index contributed by atoms with van der Waals surface area (Å²) in [6.07, 6.45) is 2.73. The van der Waals surface area contributed by atoms with E-state index in [0.717, 1.165) is 25.8 Å². The Labute approximate surface area is 169 Å². The summed E-state index contributed by atoms with van der Waals surface area (Å²) in [6.45, 7) is 3.41. The summed E-state index contributed by atoms with van der Waals surface area (Å²) in [5.74, 6) is -3.81. The van der Waals surface area contributed by atoms with Crippen molar-refractivity contribution < 1.29 is 44.7 Å². The van der Waals surface area contributed by atoms with E-state index in [2.05, 4.69) is 10.6 Å². The summed E-state index contributed by atoms with van der Waals surface area (Å²) < 4.78 is 0. The summed E-state index contributed by atoms with van der Waals surface area (Å²) in [6, 6.07) is -1.92. The third-order valence-electron chi connectivity index (χ3n) is 3.70. The van der Waals surface area contributed by atoms with Crippen molar-refractivity contribution in [1.29, 1.82) is 0 Å². The highest BCUT2D eigenvalue weighted by Crippen LogP contribution is 2.03. The molecule has 0 saturated carbocycles.